The molecular formula is C10H12IN3O2. The Bertz CT molecular complexity index is 399. The number of aromatic nitrogens is 1. The molecule has 1 amide bonds. The summed E-state index contributed by atoms with van der Waals surface area (Å²) in [5, 5.41) is 0. The fraction of sp³-hybridized carbons (Fsp3) is 0.400. The molecular weight excluding hydrogens is 321 g/mol. The van der Waals surface area contributed by atoms with Gasteiger partial charge in [-0.15, -0.1) is 0 Å². The summed E-state index contributed by atoms with van der Waals surface area (Å²) in [5.41, 5.74) is 5.23. The fourth-order valence-electron chi connectivity index (χ4n) is 1.62. The van der Waals surface area contributed by atoms with Gasteiger partial charge in [0.1, 0.15) is 5.82 Å². The lowest BCUT2D eigenvalue weighted by molar-refractivity contribution is -0.130. The number of morpholine rings is 1. The van der Waals surface area contributed by atoms with Gasteiger partial charge in [-0.3, -0.25) is 4.79 Å². The fourth-order valence-corrected chi connectivity index (χ4v) is 2.31. The smallest absolute Gasteiger partial charge is 0.248 e. The Labute approximate surface area is 107 Å². The largest absolute Gasteiger partial charge is 0.367 e. The Balaban J connectivity index is 2.16. The topological polar surface area (TPSA) is 68.5 Å². The van der Waals surface area contributed by atoms with Crippen molar-refractivity contribution in [2.24, 2.45) is 5.73 Å². The summed E-state index contributed by atoms with van der Waals surface area (Å²) < 4.78 is 6.34. The van der Waals surface area contributed by atoms with Gasteiger partial charge in [0.15, 0.2) is 6.10 Å². The maximum Gasteiger partial charge on any atom is 0.248 e. The van der Waals surface area contributed by atoms with Crippen molar-refractivity contribution in [1.82, 2.24) is 4.98 Å². The molecule has 0 spiro atoms. The van der Waals surface area contributed by atoms with E-state index in [0.29, 0.717) is 13.2 Å². The number of hydrogen-bond donors (Lipinski definition) is 1. The predicted octanol–water partition coefficient (Wildman–Crippen LogP) is 0.377. The number of pyridine rings is 1. The lowest BCUT2D eigenvalue weighted by Gasteiger charge is -2.32. The molecule has 1 aliphatic rings. The van der Waals surface area contributed by atoms with Crippen molar-refractivity contribution in [2.75, 3.05) is 24.6 Å². The van der Waals surface area contributed by atoms with Crippen LogP contribution in [0, 0.1) is 3.57 Å². The average molecular weight is 333 g/mol. The van der Waals surface area contributed by atoms with Gasteiger partial charge in [0.05, 0.1) is 16.7 Å². The molecule has 0 aliphatic carbocycles. The Kier molecular flexibility index (Phi) is 3.59. The van der Waals surface area contributed by atoms with Crippen LogP contribution in [0.15, 0.2) is 18.3 Å². The summed E-state index contributed by atoms with van der Waals surface area (Å²) in [4.78, 5) is 17.4. The lowest BCUT2D eigenvalue weighted by atomic mass is 10.2. The van der Waals surface area contributed by atoms with Gasteiger partial charge in [0, 0.05) is 12.7 Å². The molecule has 0 saturated carbocycles. The number of nitrogens with two attached hydrogens (primary N) is 1. The van der Waals surface area contributed by atoms with E-state index >= 15 is 0 Å². The second-order valence-electron chi connectivity index (χ2n) is 3.52. The van der Waals surface area contributed by atoms with E-state index in [-0.39, 0.29) is 0 Å². The van der Waals surface area contributed by atoms with Crippen molar-refractivity contribution in [1.29, 1.82) is 0 Å². The molecule has 86 valence electrons. The van der Waals surface area contributed by atoms with E-state index in [1.165, 1.54) is 0 Å². The molecule has 2 heterocycles. The zero-order valence-electron chi connectivity index (χ0n) is 8.60. The quantitative estimate of drug-likeness (QED) is 0.795. The van der Waals surface area contributed by atoms with Crippen molar-refractivity contribution < 1.29 is 9.53 Å². The first kappa shape index (κ1) is 11.6. The Morgan fingerprint density at radius 3 is 3.19 bits per heavy atom. The number of amides is 1. The van der Waals surface area contributed by atoms with Crippen molar-refractivity contribution in [2.45, 2.75) is 6.10 Å². The first-order valence-corrected chi connectivity index (χ1v) is 6.03. The van der Waals surface area contributed by atoms with E-state index in [2.05, 4.69) is 27.6 Å². The summed E-state index contributed by atoms with van der Waals surface area (Å²) in [6.45, 7) is 1.71. The van der Waals surface area contributed by atoms with Gasteiger partial charge in [-0.25, -0.2) is 4.98 Å². The number of hydrogen-bond acceptors (Lipinski definition) is 4. The van der Waals surface area contributed by atoms with Crippen LogP contribution in [0.4, 0.5) is 5.82 Å². The minimum absolute atomic E-state index is 0.421. The number of nitrogens with zero attached hydrogens (tertiary/aromatic N) is 2. The summed E-state index contributed by atoms with van der Waals surface area (Å²) in [5.74, 6) is 0.466. The standard InChI is InChI=1S/C10H12IN3O2/c11-7-2-1-3-13-10(7)14-4-5-16-8(6-14)9(12)15/h1-3,8H,4-6H2,(H2,12,15). The maximum atomic E-state index is 11.1. The molecule has 1 fully saturated rings. The monoisotopic (exact) mass is 333 g/mol. The van der Waals surface area contributed by atoms with E-state index in [1.807, 2.05) is 17.0 Å². The summed E-state index contributed by atoms with van der Waals surface area (Å²) in [7, 11) is 0. The molecule has 2 rings (SSSR count). The normalized spacial score (nSPS) is 20.8. The minimum atomic E-state index is -0.536. The van der Waals surface area contributed by atoms with E-state index in [0.717, 1.165) is 15.9 Å². The van der Waals surface area contributed by atoms with Gasteiger partial charge in [0.2, 0.25) is 5.91 Å². The van der Waals surface area contributed by atoms with Crippen LogP contribution in [-0.2, 0) is 9.53 Å². The number of rotatable bonds is 2. The molecule has 1 aliphatic heterocycles. The van der Waals surface area contributed by atoms with Crippen LogP contribution < -0.4 is 10.6 Å². The molecule has 5 nitrogen and oxygen atoms in total. The van der Waals surface area contributed by atoms with Gasteiger partial charge in [-0.1, -0.05) is 0 Å². The summed E-state index contributed by atoms with van der Waals surface area (Å²) >= 11 is 2.23. The number of anilines is 1. The summed E-state index contributed by atoms with van der Waals surface area (Å²) in [6.07, 6.45) is 1.21. The Hall–Kier alpha value is -0.890. The molecule has 1 atom stereocenters. The minimum Gasteiger partial charge on any atom is -0.367 e. The highest BCUT2D eigenvalue weighted by Crippen LogP contribution is 2.21. The molecule has 16 heavy (non-hydrogen) atoms. The van der Waals surface area contributed by atoms with Crippen molar-refractivity contribution in [3.8, 4) is 0 Å². The Morgan fingerprint density at radius 1 is 1.69 bits per heavy atom. The molecule has 0 radical (unpaired) electrons. The van der Waals surface area contributed by atoms with Crippen LogP contribution in [0.1, 0.15) is 0 Å². The number of halogens is 1. The third kappa shape index (κ3) is 2.43. The van der Waals surface area contributed by atoms with Crippen LogP contribution in [0.3, 0.4) is 0 Å². The molecule has 2 N–H and O–H groups in total. The number of carbonyl (C=O) groups is 1. The van der Waals surface area contributed by atoms with Crippen LogP contribution in [0.2, 0.25) is 0 Å². The van der Waals surface area contributed by atoms with Gasteiger partial charge in [-0.2, -0.15) is 0 Å². The first-order chi connectivity index (χ1) is 7.68. The third-order valence-corrected chi connectivity index (χ3v) is 3.26. The SMILES string of the molecule is NC(=O)C1CN(c2ncccc2I)CCO1. The zero-order chi connectivity index (χ0) is 11.5. The van der Waals surface area contributed by atoms with Crippen molar-refractivity contribution in [3.63, 3.8) is 0 Å². The molecule has 1 saturated heterocycles. The van der Waals surface area contributed by atoms with Gasteiger partial charge >= 0.3 is 0 Å². The molecule has 6 heteroatoms. The molecule has 0 aromatic carbocycles. The van der Waals surface area contributed by atoms with Gasteiger partial charge in [0.25, 0.3) is 0 Å². The molecule has 1 aromatic rings. The van der Waals surface area contributed by atoms with Crippen molar-refractivity contribution in [3.05, 3.63) is 21.9 Å². The van der Waals surface area contributed by atoms with Gasteiger partial charge < -0.3 is 15.4 Å². The van der Waals surface area contributed by atoms with Crippen LogP contribution in [0.5, 0.6) is 0 Å². The molecule has 0 bridgehead atoms. The summed E-state index contributed by atoms with van der Waals surface area (Å²) in [6, 6.07) is 3.87. The third-order valence-electron chi connectivity index (χ3n) is 2.42. The number of ether oxygens (including phenoxy) is 1. The van der Waals surface area contributed by atoms with Crippen molar-refractivity contribution >= 4 is 34.3 Å². The van der Waals surface area contributed by atoms with E-state index in [9.17, 15) is 4.79 Å². The highest BCUT2D eigenvalue weighted by molar-refractivity contribution is 14.1. The number of carbonyl (C=O) groups excluding carboxylic acids is 1. The molecule has 1 unspecified atom stereocenters. The second-order valence-corrected chi connectivity index (χ2v) is 4.68. The van der Waals surface area contributed by atoms with Crippen LogP contribution in [0.25, 0.3) is 0 Å². The average Bonchev–Trinajstić information content (AvgIpc) is 2.30. The Morgan fingerprint density at radius 2 is 2.50 bits per heavy atom. The van der Waals surface area contributed by atoms with Gasteiger partial charge in [-0.05, 0) is 34.7 Å². The lowest BCUT2D eigenvalue weighted by Crippen LogP contribution is -2.48. The molecule has 1 aromatic heterocycles. The van der Waals surface area contributed by atoms with Crippen LogP contribution in [-0.4, -0.2) is 36.7 Å². The van der Waals surface area contributed by atoms with E-state index in [1.54, 1.807) is 6.20 Å². The van der Waals surface area contributed by atoms with E-state index in [4.69, 9.17) is 10.5 Å². The highest BCUT2D eigenvalue weighted by Gasteiger charge is 2.26. The second kappa shape index (κ2) is 4.96. The first-order valence-electron chi connectivity index (χ1n) is 4.95. The highest BCUT2D eigenvalue weighted by atomic mass is 127. The predicted molar refractivity (Wildman–Crippen MR) is 68.1 cm³/mol. The van der Waals surface area contributed by atoms with Crippen LogP contribution >= 0.6 is 22.6 Å². The number of primary amides is 1. The van der Waals surface area contributed by atoms with E-state index < -0.39 is 12.0 Å². The maximum absolute atomic E-state index is 11.1. The zero-order valence-corrected chi connectivity index (χ0v) is 10.8.